The second kappa shape index (κ2) is 8.51. The molecule has 2 aromatic rings. The van der Waals surface area contributed by atoms with Crippen molar-refractivity contribution < 1.29 is 4.79 Å². The number of thiophene rings is 1. The zero-order valence-electron chi connectivity index (χ0n) is 16.6. The lowest BCUT2D eigenvalue weighted by Crippen LogP contribution is -2.51. The topological polar surface area (TPSA) is 81.2 Å². The minimum absolute atomic E-state index is 0. The van der Waals surface area contributed by atoms with Crippen LogP contribution >= 0.6 is 23.7 Å². The zero-order valence-corrected chi connectivity index (χ0v) is 18.2. The van der Waals surface area contributed by atoms with E-state index in [2.05, 4.69) is 0 Å². The smallest absolute Gasteiger partial charge is 0.264 e. The molecule has 1 amide bonds. The van der Waals surface area contributed by atoms with Crippen molar-refractivity contribution in [2.24, 2.45) is 5.73 Å². The van der Waals surface area contributed by atoms with Gasteiger partial charge in [-0.15, -0.1) is 23.7 Å². The first-order valence-electron chi connectivity index (χ1n) is 10.1. The number of likely N-dealkylation sites (tertiary alicyclic amines) is 1. The highest BCUT2D eigenvalue weighted by Crippen LogP contribution is 2.31. The van der Waals surface area contributed by atoms with Gasteiger partial charge in [0.1, 0.15) is 10.7 Å². The van der Waals surface area contributed by atoms with Crippen LogP contribution in [0.4, 0.5) is 0 Å². The van der Waals surface area contributed by atoms with Crippen molar-refractivity contribution in [3.05, 3.63) is 26.6 Å². The fourth-order valence-corrected chi connectivity index (χ4v) is 5.65. The van der Waals surface area contributed by atoms with Crippen molar-refractivity contribution in [2.75, 3.05) is 6.54 Å². The highest BCUT2D eigenvalue weighted by atomic mass is 35.5. The van der Waals surface area contributed by atoms with Crippen molar-refractivity contribution in [1.82, 2.24) is 14.5 Å². The molecule has 0 saturated carbocycles. The van der Waals surface area contributed by atoms with Crippen LogP contribution in [0.15, 0.2) is 4.79 Å². The fourth-order valence-electron chi connectivity index (χ4n) is 4.50. The van der Waals surface area contributed by atoms with Gasteiger partial charge in [-0.05, 0) is 51.5 Å². The molecule has 154 valence electrons. The summed E-state index contributed by atoms with van der Waals surface area (Å²) in [7, 11) is 0. The van der Waals surface area contributed by atoms with Crippen molar-refractivity contribution in [3.63, 3.8) is 0 Å². The molecule has 1 saturated heterocycles. The van der Waals surface area contributed by atoms with E-state index in [0.717, 1.165) is 69.4 Å². The first-order valence-corrected chi connectivity index (χ1v) is 10.9. The number of piperidine rings is 1. The lowest BCUT2D eigenvalue weighted by atomic mass is 9.96. The highest BCUT2D eigenvalue weighted by Gasteiger charge is 2.32. The number of hydrogen-bond donors (Lipinski definition) is 1. The molecule has 0 aromatic carbocycles. The average molecular weight is 425 g/mol. The Kier molecular flexibility index (Phi) is 6.47. The van der Waals surface area contributed by atoms with E-state index in [1.54, 1.807) is 0 Å². The Morgan fingerprint density at radius 2 is 1.96 bits per heavy atom. The minimum atomic E-state index is -0.0521. The van der Waals surface area contributed by atoms with Gasteiger partial charge in [0.15, 0.2) is 0 Å². The van der Waals surface area contributed by atoms with E-state index in [4.69, 9.17) is 10.7 Å². The van der Waals surface area contributed by atoms with E-state index in [9.17, 15) is 9.59 Å². The van der Waals surface area contributed by atoms with Crippen molar-refractivity contribution in [1.29, 1.82) is 0 Å². The number of carbonyl (C=O) groups excluding carboxylic acids is 1. The SMILES string of the molecule is Cc1c(C(=O)N2CCCCC2C(C)N)sc2nc3n(c(=O)c12)CCCCC3.Cl. The Labute approximate surface area is 175 Å². The first kappa shape index (κ1) is 21.3. The first-order chi connectivity index (χ1) is 13.0. The molecule has 0 aliphatic carbocycles. The summed E-state index contributed by atoms with van der Waals surface area (Å²) in [6.45, 7) is 5.33. The van der Waals surface area contributed by atoms with Crippen LogP contribution in [0.5, 0.6) is 0 Å². The van der Waals surface area contributed by atoms with Crippen LogP contribution in [0.1, 0.15) is 66.5 Å². The Balaban J connectivity index is 0.00000225. The molecule has 8 heteroatoms. The molecular weight excluding hydrogens is 396 g/mol. The third-order valence-corrected chi connectivity index (χ3v) is 7.20. The maximum absolute atomic E-state index is 13.3. The lowest BCUT2D eigenvalue weighted by Gasteiger charge is -2.38. The van der Waals surface area contributed by atoms with Crippen LogP contribution in [0.2, 0.25) is 0 Å². The molecule has 4 rings (SSSR count). The predicted molar refractivity (Wildman–Crippen MR) is 116 cm³/mol. The Morgan fingerprint density at radius 3 is 2.71 bits per heavy atom. The van der Waals surface area contributed by atoms with E-state index in [1.807, 2.05) is 23.3 Å². The number of carbonyl (C=O) groups is 1. The number of halogens is 1. The molecule has 2 aromatic heterocycles. The number of aryl methyl sites for hydroxylation is 2. The van der Waals surface area contributed by atoms with E-state index in [1.165, 1.54) is 11.3 Å². The predicted octanol–water partition coefficient (Wildman–Crippen LogP) is 3.26. The van der Waals surface area contributed by atoms with Gasteiger partial charge in [0.05, 0.1) is 10.3 Å². The summed E-state index contributed by atoms with van der Waals surface area (Å²) in [5.41, 5.74) is 6.96. The summed E-state index contributed by atoms with van der Waals surface area (Å²) in [5, 5.41) is 0.628. The van der Waals surface area contributed by atoms with Crippen LogP contribution in [0, 0.1) is 6.92 Å². The average Bonchev–Trinajstić information content (AvgIpc) is 2.83. The summed E-state index contributed by atoms with van der Waals surface area (Å²) in [5.74, 6) is 0.883. The summed E-state index contributed by atoms with van der Waals surface area (Å²) < 4.78 is 1.83. The van der Waals surface area contributed by atoms with Crippen LogP contribution < -0.4 is 11.3 Å². The normalized spacial score (nSPS) is 21.0. The number of fused-ring (bicyclic) bond motifs is 2. The van der Waals surface area contributed by atoms with Gasteiger partial charge in [-0.3, -0.25) is 14.2 Å². The Bertz CT molecular complexity index is 936. The van der Waals surface area contributed by atoms with Gasteiger partial charge in [0.25, 0.3) is 11.5 Å². The van der Waals surface area contributed by atoms with E-state index in [0.29, 0.717) is 15.1 Å². The van der Waals surface area contributed by atoms with Gasteiger partial charge in [-0.1, -0.05) is 6.42 Å². The third kappa shape index (κ3) is 3.60. The molecule has 0 spiro atoms. The standard InChI is InChI=1S/C20H28N4O2S.ClH/c1-12-16-18(22-15-9-4-3-6-11-24(15)19(16)25)27-17(12)20(26)23-10-7-5-8-14(23)13(2)21;/h13-14H,3-11,21H2,1-2H3;1H. The molecule has 2 aliphatic heterocycles. The van der Waals surface area contributed by atoms with E-state index < -0.39 is 0 Å². The third-order valence-electron chi connectivity index (χ3n) is 6.02. The summed E-state index contributed by atoms with van der Waals surface area (Å²) in [4.78, 5) is 34.5. The molecule has 6 nitrogen and oxygen atoms in total. The van der Waals surface area contributed by atoms with Gasteiger partial charge in [0.2, 0.25) is 0 Å². The van der Waals surface area contributed by atoms with Crippen molar-refractivity contribution >= 4 is 39.9 Å². The van der Waals surface area contributed by atoms with Crippen LogP contribution in [-0.2, 0) is 13.0 Å². The van der Waals surface area contributed by atoms with Gasteiger partial charge in [-0.25, -0.2) is 4.98 Å². The van der Waals surface area contributed by atoms with Gasteiger partial charge in [-0.2, -0.15) is 0 Å². The summed E-state index contributed by atoms with van der Waals surface area (Å²) in [6.07, 6.45) is 7.11. The number of nitrogens with two attached hydrogens (primary N) is 1. The quantitative estimate of drug-likeness (QED) is 0.802. The molecular formula is C20H29ClN4O2S. The molecule has 0 radical (unpaired) electrons. The van der Waals surface area contributed by atoms with Crippen LogP contribution in [0.25, 0.3) is 10.2 Å². The molecule has 2 aliphatic rings. The molecule has 4 heterocycles. The van der Waals surface area contributed by atoms with Gasteiger partial charge < -0.3 is 10.6 Å². The zero-order chi connectivity index (χ0) is 19.1. The summed E-state index contributed by atoms with van der Waals surface area (Å²) in [6, 6.07) is 0.0189. The van der Waals surface area contributed by atoms with E-state index >= 15 is 0 Å². The maximum Gasteiger partial charge on any atom is 0.264 e. The maximum atomic E-state index is 13.3. The number of hydrogen-bond acceptors (Lipinski definition) is 5. The Hall–Kier alpha value is -1.44. The molecule has 0 bridgehead atoms. The lowest BCUT2D eigenvalue weighted by molar-refractivity contribution is 0.0588. The molecule has 28 heavy (non-hydrogen) atoms. The number of nitrogens with zero attached hydrogens (tertiary/aromatic N) is 3. The molecule has 2 unspecified atom stereocenters. The Morgan fingerprint density at radius 1 is 1.21 bits per heavy atom. The monoisotopic (exact) mass is 424 g/mol. The second-order valence-corrected chi connectivity index (χ2v) is 8.95. The summed E-state index contributed by atoms with van der Waals surface area (Å²) >= 11 is 1.38. The second-order valence-electron chi connectivity index (χ2n) is 7.95. The molecule has 1 fully saturated rings. The highest BCUT2D eigenvalue weighted by molar-refractivity contribution is 7.20. The number of aromatic nitrogens is 2. The van der Waals surface area contributed by atoms with Gasteiger partial charge in [0, 0.05) is 31.6 Å². The van der Waals surface area contributed by atoms with Crippen LogP contribution in [0.3, 0.4) is 0 Å². The van der Waals surface area contributed by atoms with Gasteiger partial charge >= 0.3 is 0 Å². The minimum Gasteiger partial charge on any atom is -0.333 e. The number of amides is 1. The van der Waals surface area contributed by atoms with E-state index in [-0.39, 0.29) is 36.0 Å². The molecule has 2 atom stereocenters. The van der Waals surface area contributed by atoms with Crippen LogP contribution in [-0.4, -0.2) is 39.0 Å². The molecule has 2 N–H and O–H groups in total. The van der Waals surface area contributed by atoms with Crippen molar-refractivity contribution in [3.8, 4) is 0 Å². The fraction of sp³-hybridized carbons (Fsp3) is 0.650. The van der Waals surface area contributed by atoms with Crippen molar-refractivity contribution in [2.45, 2.75) is 77.4 Å². The number of rotatable bonds is 2. The largest absolute Gasteiger partial charge is 0.333 e.